The van der Waals surface area contributed by atoms with Crippen LogP contribution < -0.4 is 0 Å². The van der Waals surface area contributed by atoms with Crippen molar-refractivity contribution in [2.45, 2.75) is 44.6 Å². The molecule has 1 saturated carbocycles. The van der Waals surface area contributed by atoms with E-state index in [9.17, 15) is 5.11 Å². The highest BCUT2D eigenvalue weighted by atomic mass is 16.5. The third kappa shape index (κ3) is 2.23. The molecule has 2 nitrogen and oxygen atoms in total. The lowest BCUT2D eigenvalue weighted by Gasteiger charge is -2.36. The fraction of sp³-hybridized carbons (Fsp3) is 1.00. The summed E-state index contributed by atoms with van der Waals surface area (Å²) in [5.41, 5.74) is 0. The van der Waals surface area contributed by atoms with Crippen LogP contribution in [0.2, 0.25) is 0 Å². The Bertz CT molecular complexity index is 152. The Morgan fingerprint density at radius 1 is 1.00 bits per heavy atom. The third-order valence-corrected chi connectivity index (χ3v) is 3.62. The second kappa shape index (κ2) is 4.43. The molecule has 0 amide bonds. The smallest absolute Gasteiger partial charge is 0.0615 e. The van der Waals surface area contributed by atoms with Gasteiger partial charge in [0, 0.05) is 12.5 Å². The number of ether oxygens (including phenoxy) is 1. The van der Waals surface area contributed by atoms with E-state index < -0.39 is 0 Å². The number of aliphatic hydroxyl groups excluding tert-OH is 1. The van der Waals surface area contributed by atoms with E-state index >= 15 is 0 Å². The topological polar surface area (TPSA) is 29.5 Å². The van der Waals surface area contributed by atoms with Crippen LogP contribution in [0.3, 0.4) is 0 Å². The maximum absolute atomic E-state index is 9.84. The van der Waals surface area contributed by atoms with Crippen LogP contribution in [0.1, 0.15) is 38.5 Å². The molecule has 2 unspecified atom stereocenters. The minimum atomic E-state index is -0.0863. The molecule has 1 saturated heterocycles. The van der Waals surface area contributed by atoms with Crippen LogP contribution in [0, 0.1) is 11.8 Å². The van der Waals surface area contributed by atoms with Gasteiger partial charge >= 0.3 is 0 Å². The van der Waals surface area contributed by atoms with Gasteiger partial charge in [0.2, 0.25) is 0 Å². The number of rotatable bonds is 1. The summed E-state index contributed by atoms with van der Waals surface area (Å²) in [6.07, 6.45) is 7.48. The van der Waals surface area contributed by atoms with E-state index in [1.54, 1.807) is 0 Å². The summed E-state index contributed by atoms with van der Waals surface area (Å²) in [5.74, 6) is 1.18. The fourth-order valence-electron chi connectivity index (χ4n) is 2.76. The molecule has 76 valence electrons. The summed E-state index contributed by atoms with van der Waals surface area (Å²) >= 11 is 0. The summed E-state index contributed by atoms with van der Waals surface area (Å²) in [6.45, 7) is 1.55. The summed E-state index contributed by atoms with van der Waals surface area (Å²) in [6, 6.07) is 0. The van der Waals surface area contributed by atoms with Crippen molar-refractivity contribution in [2.24, 2.45) is 11.8 Å². The molecule has 0 bridgehead atoms. The van der Waals surface area contributed by atoms with Crippen molar-refractivity contribution in [3.05, 3.63) is 0 Å². The van der Waals surface area contributed by atoms with Gasteiger partial charge < -0.3 is 9.84 Å². The van der Waals surface area contributed by atoms with Crippen molar-refractivity contribution in [1.29, 1.82) is 0 Å². The Morgan fingerprint density at radius 2 is 1.77 bits per heavy atom. The van der Waals surface area contributed by atoms with Crippen LogP contribution in [-0.2, 0) is 4.74 Å². The molecule has 13 heavy (non-hydrogen) atoms. The lowest BCUT2D eigenvalue weighted by atomic mass is 9.76. The Balaban J connectivity index is 1.88. The van der Waals surface area contributed by atoms with Crippen LogP contribution in [0.15, 0.2) is 0 Å². The summed E-state index contributed by atoms with van der Waals surface area (Å²) in [5, 5.41) is 9.84. The van der Waals surface area contributed by atoms with E-state index in [1.165, 1.54) is 32.1 Å². The number of aliphatic hydroxyl groups is 1. The molecule has 1 heterocycles. The average Bonchev–Trinajstić information content (AvgIpc) is 2.20. The monoisotopic (exact) mass is 184 g/mol. The number of hydrogen-bond donors (Lipinski definition) is 1. The normalized spacial score (nSPS) is 37.6. The third-order valence-electron chi connectivity index (χ3n) is 3.62. The van der Waals surface area contributed by atoms with Gasteiger partial charge in [0.1, 0.15) is 0 Å². The summed E-state index contributed by atoms with van der Waals surface area (Å²) < 4.78 is 5.45. The quantitative estimate of drug-likeness (QED) is 0.675. The van der Waals surface area contributed by atoms with Crippen LogP contribution in [-0.4, -0.2) is 24.4 Å². The van der Waals surface area contributed by atoms with Gasteiger partial charge in [-0.05, 0) is 12.3 Å². The van der Waals surface area contributed by atoms with Crippen LogP contribution in [0.25, 0.3) is 0 Å². The van der Waals surface area contributed by atoms with Gasteiger partial charge in [0.15, 0.2) is 0 Å². The first kappa shape index (κ1) is 9.47. The van der Waals surface area contributed by atoms with Crippen molar-refractivity contribution >= 4 is 0 Å². The van der Waals surface area contributed by atoms with E-state index in [-0.39, 0.29) is 6.10 Å². The van der Waals surface area contributed by atoms with Gasteiger partial charge in [-0.15, -0.1) is 0 Å². The van der Waals surface area contributed by atoms with Crippen molar-refractivity contribution < 1.29 is 9.84 Å². The number of hydrogen-bond acceptors (Lipinski definition) is 2. The van der Waals surface area contributed by atoms with E-state index in [1.807, 2.05) is 0 Å². The first-order valence-electron chi connectivity index (χ1n) is 5.64. The van der Waals surface area contributed by atoms with Crippen LogP contribution in [0.5, 0.6) is 0 Å². The van der Waals surface area contributed by atoms with Crippen LogP contribution >= 0.6 is 0 Å². The zero-order valence-corrected chi connectivity index (χ0v) is 8.24. The van der Waals surface area contributed by atoms with Gasteiger partial charge in [-0.25, -0.2) is 0 Å². The predicted octanol–water partition coefficient (Wildman–Crippen LogP) is 1.96. The van der Waals surface area contributed by atoms with Crippen molar-refractivity contribution in [2.75, 3.05) is 13.2 Å². The largest absolute Gasteiger partial charge is 0.393 e. The lowest BCUT2D eigenvalue weighted by Crippen LogP contribution is -2.37. The standard InChI is InChI=1S/C11H20O2/c12-11-6-7-13-8-10(11)9-4-2-1-3-5-9/h9-12H,1-8H2. The molecule has 2 atom stereocenters. The van der Waals surface area contributed by atoms with E-state index in [0.29, 0.717) is 5.92 Å². The Labute approximate surface area is 80.3 Å². The molecule has 2 heteroatoms. The maximum atomic E-state index is 9.84. The average molecular weight is 184 g/mol. The molecule has 0 aromatic rings. The lowest BCUT2D eigenvalue weighted by molar-refractivity contribution is -0.0632. The SMILES string of the molecule is OC1CCOCC1C1CCCCC1. The van der Waals surface area contributed by atoms with Crippen molar-refractivity contribution in [1.82, 2.24) is 0 Å². The molecule has 1 N–H and O–H groups in total. The van der Waals surface area contributed by atoms with Gasteiger partial charge in [-0.3, -0.25) is 0 Å². The molecule has 0 radical (unpaired) electrons. The first-order valence-corrected chi connectivity index (χ1v) is 5.64. The molecule has 0 aromatic carbocycles. The molecular formula is C11H20O2. The first-order chi connectivity index (χ1) is 6.38. The van der Waals surface area contributed by atoms with Gasteiger partial charge in [0.25, 0.3) is 0 Å². The summed E-state index contributed by atoms with van der Waals surface area (Å²) in [7, 11) is 0. The highest BCUT2D eigenvalue weighted by molar-refractivity contribution is 4.81. The molecule has 2 rings (SSSR count). The highest BCUT2D eigenvalue weighted by Crippen LogP contribution is 2.34. The molecule has 0 aromatic heterocycles. The van der Waals surface area contributed by atoms with E-state index in [4.69, 9.17) is 4.74 Å². The second-order valence-electron chi connectivity index (χ2n) is 4.49. The van der Waals surface area contributed by atoms with Crippen molar-refractivity contribution in [3.8, 4) is 0 Å². The minimum absolute atomic E-state index is 0.0863. The molecule has 2 aliphatic rings. The molecule has 0 spiro atoms. The fourth-order valence-corrected chi connectivity index (χ4v) is 2.76. The maximum Gasteiger partial charge on any atom is 0.0615 e. The van der Waals surface area contributed by atoms with Crippen molar-refractivity contribution in [3.63, 3.8) is 0 Å². The zero-order chi connectivity index (χ0) is 9.10. The van der Waals surface area contributed by atoms with E-state index in [0.717, 1.165) is 25.6 Å². The molecular weight excluding hydrogens is 164 g/mol. The van der Waals surface area contributed by atoms with Crippen LogP contribution in [0.4, 0.5) is 0 Å². The van der Waals surface area contributed by atoms with Gasteiger partial charge in [-0.1, -0.05) is 32.1 Å². The van der Waals surface area contributed by atoms with Gasteiger partial charge in [-0.2, -0.15) is 0 Å². The Hall–Kier alpha value is -0.0800. The van der Waals surface area contributed by atoms with E-state index in [2.05, 4.69) is 0 Å². The minimum Gasteiger partial charge on any atom is -0.393 e. The van der Waals surface area contributed by atoms with Gasteiger partial charge in [0.05, 0.1) is 12.7 Å². The Kier molecular flexibility index (Phi) is 3.23. The summed E-state index contributed by atoms with van der Waals surface area (Å²) in [4.78, 5) is 0. The highest BCUT2D eigenvalue weighted by Gasteiger charge is 2.31. The molecule has 2 fully saturated rings. The molecule has 1 aliphatic heterocycles. The second-order valence-corrected chi connectivity index (χ2v) is 4.49. The predicted molar refractivity (Wildman–Crippen MR) is 51.5 cm³/mol. The Morgan fingerprint density at radius 3 is 2.46 bits per heavy atom. The zero-order valence-electron chi connectivity index (χ0n) is 8.24. The molecule has 1 aliphatic carbocycles.